The highest BCUT2D eigenvalue weighted by atomic mass is 31.2. The van der Waals surface area contributed by atoms with Crippen molar-refractivity contribution in [3.05, 3.63) is 109 Å². The molecule has 536 valence electrons. The van der Waals surface area contributed by atoms with Gasteiger partial charge in [0.05, 0.1) is 26.4 Å². The first-order valence-electron chi connectivity index (χ1n) is 36.2. The van der Waals surface area contributed by atoms with E-state index in [-0.39, 0.29) is 19.3 Å². The van der Waals surface area contributed by atoms with Crippen LogP contribution in [0.4, 0.5) is 0 Å². The maximum atomic E-state index is 12.9. The number of aliphatic hydroxyl groups excluding tert-OH is 2. The molecular formula is C75H130O16P2. The number of phosphoric ester groups is 2. The summed E-state index contributed by atoms with van der Waals surface area (Å²) in [4.78, 5) is 58.3. The molecule has 18 heteroatoms. The predicted molar refractivity (Wildman–Crippen MR) is 380 cm³/mol. The molecule has 4 N–H and O–H groups in total. The smallest absolute Gasteiger partial charge is 0.463 e. The fraction of sp³-hybridized carbons (Fsp3) is 0.720. The van der Waals surface area contributed by atoms with Crippen LogP contribution in [0.3, 0.4) is 0 Å². The predicted octanol–water partition coefficient (Wildman–Crippen LogP) is 20.4. The second-order valence-electron chi connectivity index (χ2n) is 24.0. The summed E-state index contributed by atoms with van der Waals surface area (Å²) in [5, 5.41) is 20.6. The Bertz CT molecular complexity index is 2130. The number of hydrogen-bond acceptors (Lipinski definition) is 14. The number of esters is 3. The standard InChI is InChI=1S/C75H130O16P2/c1-4-7-10-13-16-19-22-24-26-28-29-30-31-32-33-34-35-36-37-38-39-41-43-44-47-49-52-55-58-61-73(78)85-64-70(76)65-87-92(81,82)88-66-71(77)67-89-93(83,84)90-69-72(91-75(80)63-60-57-54-51-46-21-18-15-12-9-6-3)68-86-74(79)62-59-56-53-50-48-45-42-40-27-25-23-20-17-14-11-8-5-2/h7-8,10-11,15-20,24-27,29-30,32-33,70-72,76-77H,4-6,9,12-14,21-23,28,31,34-69H2,1-3H3,(H,81,82)(H,83,84)/b10-7-,11-8-,18-15-,19-16-,20-17-,26-24-,27-25-,30-29-,33-32-. The van der Waals surface area contributed by atoms with Crippen molar-refractivity contribution in [2.75, 3.05) is 39.6 Å². The third-order valence-corrected chi connectivity index (χ3v) is 16.9. The number of phosphoric acid groups is 2. The van der Waals surface area contributed by atoms with E-state index in [4.69, 9.17) is 32.3 Å². The van der Waals surface area contributed by atoms with Crippen LogP contribution < -0.4 is 0 Å². The van der Waals surface area contributed by atoms with E-state index in [9.17, 15) is 43.5 Å². The Hall–Kier alpha value is -3.79. The van der Waals surface area contributed by atoms with Crippen LogP contribution in [0, 0.1) is 0 Å². The lowest BCUT2D eigenvalue weighted by molar-refractivity contribution is -0.161. The van der Waals surface area contributed by atoms with Gasteiger partial charge >= 0.3 is 33.6 Å². The number of hydrogen-bond donors (Lipinski definition) is 4. The first kappa shape index (κ1) is 89.2. The minimum atomic E-state index is -4.92. The number of rotatable bonds is 68. The topological polar surface area (TPSA) is 231 Å². The average molecular weight is 1350 g/mol. The minimum Gasteiger partial charge on any atom is -0.463 e. The third-order valence-electron chi connectivity index (χ3n) is 15.0. The van der Waals surface area contributed by atoms with Crippen LogP contribution in [0.25, 0.3) is 0 Å². The molecule has 0 aliphatic heterocycles. The highest BCUT2D eigenvalue weighted by Gasteiger charge is 2.29. The zero-order valence-electron chi connectivity index (χ0n) is 58.1. The average Bonchev–Trinajstić information content (AvgIpc) is 2.42. The van der Waals surface area contributed by atoms with Gasteiger partial charge in [-0.05, 0) is 116 Å². The summed E-state index contributed by atoms with van der Waals surface area (Å²) in [7, 11) is -9.78. The summed E-state index contributed by atoms with van der Waals surface area (Å²) in [6.45, 7) is 2.39. The zero-order valence-corrected chi connectivity index (χ0v) is 59.9. The molecule has 0 saturated carbocycles. The number of aliphatic hydroxyl groups is 2. The molecule has 0 spiro atoms. The fourth-order valence-electron chi connectivity index (χ4n) is 9.48. The van der Waals surface area contributed by atoms with E-state index in [2.05, 4.69) is 130 Å². The van der Waals surface area contributed by atoms with Gasteiger partial charge in [-0.1, -0.05) is 265 Å². The van der Waals surface area contributed by atoms with Crippen LogP contribution >= 0.6 is 15.6 Å². The minimum absolute atomic E-state index is 0.0915. The Labute approximate surface area is 564 Å². The summed E-state index contributed by atoms with van der Waals surface area (Å²) in [5.74, 6) is -1.60. The molecule has 0 heterocycles. The van der Waals surface area contributed by atoms with Gasteiger partial charge in [-0.3, -0.25) is 32.5 Å². The number of carbonyl (C=O) groups excluding carboxylic acids is 3. The molecular weight excluding hydrogens is 1220 g/mol. The largest absolute Gasteiger partial charge is 0.472 e. The first-order valence-corrected chi connectivity index (χ1v) is 39.2. The second-order valence-corrected chi connectivity index (χ2v) is 26.9. The number of ether oxygens (including phenoxy) is 3. The van der Waals surface area contributed by atoms with Crippen molar-refractivity contribution in [3.8, 4) is 0 Å². The lowest BCUT2D eigenvalue weighted by atomic mass is 10.0. The van der Waals surface area contributed by atoms with E-state index in [1.807, 2.05) is 0 Å². The second kappa shape index (κ2) is 68.2. The molecule has 93 heavy (non-hydrogen) atoms. The van der Waals surface area contributed by atoms with Gasteiger partial charge in [0.1, 0.15) is 25.4 Å². The molecule has 0 fully saturated rings. The van der Waals surface area contributed by atoms with Gasteiger partial charge in [-0.2, -0.15) is 0 Å². The molecule has 0 aromatic heterocycles. The van der Waals surface area contributed by atoms with Crippen molar-refractivity contribution < 1.29 is 75.8 Å². The van der Waals surface area contributed by atoms with Gasteiger partial charge in [-0.25, -0.2) is 9.13 Å². The van der Waals surface area contributed by atoms with Crippen molar-refractivity contribution in [2.45, 2.75) is 309 Å². The molecule has 16 nitrogen and oxygen atoms in total. The van der Waals surface area contributed by atoms with Crippen LogP contribution in [0.5, 0.6) is 0 Å². The van der Waals surface area contributed by atoms with Gasteiger partial charge in [-0.15, -0.1) is 0 Å². The van der Waals surface area contributed by atoms with Crippen molar-refractivity contribution in [1.82, 2.24) is 0 Å². The molecule has 0 aliphatic rings. The molecule has 5 atom stereocenters. The maximum absolute atomic E-state index is 12.9. The van der Waals surface area contributed by atoms with E-state index < -0.39 is 91.5 Å². The summed E-state index contributed by atoms with van der Waals surface area (Å²) in [6, 6.07) is 0. The van der Waals surface area contributed by atoms with Crippen LogP contribution in [0.1, 0.15) is 290 Å². The first-order chi connectivity index (χ1) is 45.2. The highest BCUT2D eigenvalue weighted by Crippen LogP contribution is 2.45. The molecule has 0 bridgehead atoms. The van der Waals surface area contributed by atoms with E-state index >= 15 is 0 Å². The summed E-state index contributed by atoms with van der Waals surface area (Å²) in [6.07, 6.45) is 77.3. The Morgan fingerprint density at radius 2 is 0.570 bits per heavy atom. The summed E-state index contributed by atoms with van der Waals surface area (Å²) >= 11 is 0. The molecule has 0 radical (unpaired) electrons. The summed E-state index contributed by atoms with van der Waals surface area (Å²) in [5.41, 5.74) is 0. The quantitative estimate of drug-likeness (QED) is 0.0146. The Balaban J connectivity index is 4.42. The van der Waals surface area contributed by atoms with Crippen LogP contribution in [-0.2, 0) is 55.8 Å². The summed E-state index contributed by atoms with van der Waals surface area (Å²) < 4.78 is 60.9. The molecule has 0 saturated heterocycles. The monoisotopic (exact) mass is 1350 g/mol. The Morgan fingerprint density at radius 3 is 0.914 bits per heavy atom. The van der Waals surface area contributed by atoms with Gasteiger partial charge in [0.2, 0.25) is 0 Å². The lowest BCUT2D eigenvalue weighted by Gasteiger charge is -2.21. The van der Waals surface area contributed by atoms with E-state index in [1.54, 1.807) is 0 Å². The molecule has 0 aromatic carbocycles. The molecule has 0 aromatic rings. The van der Waals surface area contributed by atoms with Gasteiger partial charge in [0, 0.05) is 19.3 Å². The van der Waals surface area contributed by atoms with Crippen LogP contribution in [0.15, 0.2) is 109 Å². The van der Waals surface area contributed by atoms with Gasteiger partial charge in [0.25, 0.3) is 0 Å². The zero-order chi connectivity index (χ0) is 68.1. The molecule has 0 rings (SSSR count). The Morgan fingerprint density at radius 1 is 0.312 bits per heavy atom. The molecule has 0 aliphatic carbocycles. The number of unbranched alkanes of at least 4 members (excludes halogenated alkanes) is 27. The SMILES string of the molecule is CC/C=C\C/C=C\C/C=C\C/C=C\C/C=C\CCCCCCCCCCCCCCCC(=O)OCC(O)COP(=O)(O)OCC(O)COP(=O)(O)OCC(COC(=O)CCCCCCCCC/C=C\C/C=C\C/C=C\CC)OC(=O)CCCCCCC/C=C\CCCC. The lowest BCUT2D eigenvalue weighted by Crippen LogP contribution is -2.30. The van der Waals surface area contributed by atoms with Crippen LogP contribution in [0.2, 0.25) is 0 Å². The third kappa shape index (κ3) is 69.4. The molecule has 0 amide bonds. The van der Waals surface area contributed by atoms with Crippen molar-refractivity contribution >= 4 is 33.6 Å². The number of allylic oxidation sites excluding steroid dienone is 18. The van der Waals surface area contributed by atoms with E-state index in [0.717, 1.165) is 161 Å². The molecule has 5 unspecified atom stereocenters. The van der Waals surface area contributed by atoms with Gasteiger partial charge < -0.3 is 34.2 Å². The van der Waals surface area contributed by atoms with Crippen LogP contribution in [-0.4, -0.2) is 95.9 Å². The van der Waals surface area contributed by atoms with E-state index in [1.165, 1.54) is 70.6 Å². The van der Waals surface area contributed by atoms with Crippen molar-refractivity contribution in [3.63, 3.8) is 0 Å². The van der Waals surface area contributed by atoms with E-state index in [0.29, 0.717) is 19.3 Å². The maximum Gasteiger partial charge on any atom is 0.472 e. The van der Waals surface area contributed by atoms with Crippen molar-refractivity contribution in [2.24, 2.45) is 0 Å². The van der Waals surface area contributed by atoms with Crippen molar-refractivity contribution in [1.29, 1.82) is 0 Å². The fourth-order valence-corrected chi connectivity index (χ4v) is 11.1. The normalized spacial score (nSPS) is 14.8. The van der Waals surface area contributed by atoms with Gasteiger partial charge in [0.15, 0.2) is 6.10 Å². The number of carbonyl (C=O) groups is 3. The Kier molecular flexibility index (Phi) is 65.4. The highest BCUT2D eigenvalue weighted by molar-refractivity contribution is 7.47.